The molecule has 3 aromatic rings. The number of carbonyl (C=O) groups is 2. The van der Waals surface area contributed by atoms with Gasteiger partial charge in [-0.25, -0.2) is 9.67 Å². The first-order valence-corrected chi connectivity index (χ1v) is 11.7. The summed E-state index contributed by atoms with van der Waals surface area (Å²) in [7, 11) is 1.39. The molecular weight excluding hydrogens is 446 g/mol. The Kier molecular flexibility index (Phi) is 7.77. The quantitative estimate of drug-likeness (QED) is 0.498. The molecule has 1 amide bonds. The second-order valence-electron chi connectivity index (χ2n) is 8.49. The molecule has 184 valence electrons. The lowest BCUT2D eigenvalue weighted by molar-refractivity contribution is -0.140. The van der Waals surface area contributed by atoms with Crippen LogP contribution in [0, 0.1) is 13.8 Å². The summed E-state index contributed by atoms with van der Waals surface area (Å²) in [6.45, 7) is 7.36. The van der Waals surface area contributed by atoms with E-state index in [1.54, 1.807) is 18.3 Å². The Morgan fingerprint density at radius 1 is 1.11 bits per heavy atom. The molecule has 1 fully saturated rings. The van der Waals surface area contributed by atoms with E-state index in [0.29, 0.717) is 38.2 Å². The first-order chi connectivity index (χ1) is 17.0. The number of amides is 1. The number of esters is 1. The highest BCUT2D eigenvalue weighted by Crippen LogP contribution is 2.20. The molecule has 1 aromatic carbocycles. The molecule has 4 rings (SSSR count). The van der Waals surface area contributed by atoms with Gasteiger partial charge in [0.1, 0.15) is 5.82 Å². The first-order valence-electron chi connectivity index (χ1n) is 11.7. The topological polar surface area (TPSA) is 98.6 Å². The van der Waals surface area contributed by atoms with Crippen molar-refractivity contribution < 1.29 is 19.1 Å². The number of methoxy groups -OCH3 is 1. The van der Waals surface area contributed by atoms with Crippen LogP contribution in [0.1, 0.15) is 39.3 Å². The number of rotatable bonds is 8. The molecule has 0 bridgehead atoms. The molecule has 0 saturated carbocycles. The van der Waals surface area contributed by atoms with Crippen molar-refractivity contribution in [3.05, 3.63) is 70.7 Å². The van der Waals surface area contributed by atoms with E-state index < -0.39 is 0 Å². The Labute approximate surface area is 205 Å². The van der Waals surface area contributed by atoms with Crippen molar-refractivity contribution in [3.8, 4) is 5.69 Å². The van der Waals surface area contributed by atoms with E-state index in [4.69, 9.17) is 9.47 Å². The largest absolute Gasteiger partial charge is 0.469 e. The van der Waals surface area contributed by atoms with Crippen LogP contribution in [0.4, 0.5) is 5.82 Å². The third-order valence-electron chi connectivity index (χ3n) is 6.22. The number of nitrogens with one attached hydrogen (secondary N) is 1. The van der Waals surface area contributed by atoms with Crippen molar-refractivity contribution in [2.24, 2.45) is 0 Å². The second kappa shape index (κ2) is 11.1. The monoisotopic (exact) mass is 477 g/mol. The zero-order valence-electron chi connectivity index (χ0n) is 20.4. The molecule has 35 heavy (non-hydrogen) atoms. The average molecular weight is 478 g/mol. The number of pyridine rings is 1. The highest BCUT2D eigenvalue weighted by Gasteiger charge is 2.16. The number of hydrogen-bond donors (Lipinski definition) is 1. The summed E-state index contributed by atoms with van der Waals surface area (Å²) < 4.78 is 12.0. The summed E-state index contributed by atoms with van der Waals surface area (Å²) >= 11 is 0. The van der Waals surface area contributed by atoms with Gasteiger partial charge in [-0.1, -0.05) is 0 Å². The van der Waals surface area contributed by atoms with E-state index in [0.717, 1.165) is 47.1 Å². The molecule has 9 heteroatoms. The zero-order chi connectivity index (χ0) is 24.8. The van der Waals surface area contributed by atoms with Crippen LogP contribution in [-0.2, 0) is 27.2 Å². The maximum atomic E-state index is 12.7. The third kappa shape index (κ3) is 5.86. The molecule has 9 nitrogen and oxygen atoms in total. The van der Waals surface area contributed by atoms with Gasteiger partial charge in [0.25, 0.3) is 5.91 Å². The molecule has 0 unspecified atom stereocenters. The van der Waals surface area contributed by atoms with E-state index >= 15 is 0 Å². The number of benzene rings is 1. The summed E-state index contributed by atoms with van der Waals surface area (Å²) in [6, 6.07) is 11.3. The number of aromatic nitrogens is 3. The van der Waals surface area contributed by atoms with Gasteiger partial charge in [-0.3, -0.25) is 9.59 Å². The Hall–Kier alpha value is -3.72. The standard InChI is InChI=1S/C26H31N5O4/c1-18-23(8-9-25(32)34-3)19(2)31(29-18)22-6-4-21(5-7-22)26(33)28-17-20-10-11-27-24(16-20)30-12-14-35-15-13-30/h4-7,10-11,16H,8-9,12-15,17H2,1-3H3,(H,28,33). The number of nitrogens with zero attached hydrogens (tertiary/aromatic N) is 4. The van der Waals surface area contributed by atoms with Crippen LogP contribution in [-0.4, -0.2) is 60.1 Å². The van der Waals surface area contributed by atoms with Crippen molar-refractivity contribution in [2.45, 2.75) is 33.2 Å². The normalized spacial score (nSPS) is 13.5. The first kappa shape index (κ1) is 24.4. The fourth-order valence-electron chi connectivity index (χ4n) is 4.19. The summed E-state index contributed by atoms with van der Waals surface area (Å²) in [6.07, 6.45) is 2.66. The SMILES string of the molecule is COC(=O)CCc1c(C)nn(-c2ccc(C(=O)NCc3ccnc(N4CCOCC4)c3)cc2)c1C. The molecule has 1 saturated heterocycles. The van der Waals surface area contributed by atoms with Crippen LogP contribution < -0.4 is 10.2 Å². The molecule has 3 heterocycles. The zero-order valence-corrected chi connectivity index (χ0v) is 20.4. The third-order valence-corrected chi connectivity index (χ3v) is 6.22. The molecule has 0 spiro atoms. The van der Waals surface area contributed by atoms with Crippen LogP contribution in [0.2, 0.25) is 0 Å². The van der Waals surface area contributed by atoms with Crippen LogP contribution in [0.3, 0.4) is 0 Å². The summed E-state index contributed by atoms with van der Waals surface area (Å²) in [4.78, 5) is 30.9. The predicted molar refractivity (Wildman–Crippen MR) is 132 cm³/mol. The Morgan fingerprint density at radius 2 is 1.86 bits per heavy atom. The lowest BCUT2D eigenvalue weighted by Gasteiger charge is -2.28. The highest BCUT2D eigenvalue weighted by atomic mass is 16.5. The minimum atomic E-state index is -0.240. The maximum absolute atomic E-state index is 12.7. The fraction of sp³-hybridized carbons (Fsp3) is 0.385. The molecular formula is C26H31N5O4. The minimum Gasteiger partial charge on any atom is -0.469 e. The van der Waals surface area contributed by atoms with Gasteiger partial charge in [0.05, 0.1) is 31.7 Å². The van der Waals surface area contributed by atoms with Gasteiger partial charge >= 0.3 is 5.97 Å². The van der Waals surface area contributed by atoms with E-state index in [1.165, 1.54) is 7.11 Å². The van der Waals surface area contributed by atoms with Gasteiger partial charge in [-0.15, -0.1) is 0 Å². The van der Waals surface area contributed by atoms with Crippen LogP contribution in [0.15, 0.2) is 42.6 Å². The Balaban J connectivity index is 1.39. The van der Waals surface area contributed by atoms with Crippen molar-refractivity contribution in [1.82, 2.24) is 20.1 Å². The number of hydrogen-bond acceptors (Lipinski definition) is 7. The highest BCUT2D eigenvalue weighted by molar-refractivity contribution is 5.94. The van der Waals surface area contributed by atoms with Gasteiger partial charge in [0, 0.05) is 43.5 Å². The van der Waals surface area contributed by atoms with Crippen molar-refractivity contribution in [3.63, 3.8) is 0 Å². The van der Waals surface area contributed by atoms with Gasteiger partial charge in [-0.05, 0) is 67.8 Å². The van der Waals surface area contributed by atoms with Gasteiger partial charge in [0.15, 0.2) is 0 Å². The second-order valence-corrected chi connectivity index (χ2v) is 8.49. The van der Waals surface area contributed by atoms with Gasteiger partial charge in [-0.2, -0.15) is 5.10 Å². The number of carbonyl (C=O) groups excluding carboxylic acids is 2. The lowest BCUT2D eigenvalue weighted by atomic mass is 10.1. The molecule has 0 aliphatic carbocycles. The van der Waals surface area contributed by atoms with Crippen molar-refractivity contribution >= 4 is 17.7 Å². The van der Waals surface area contributed by atoms with E-state index in [9.17, 15) is 9.59 Å². The molecule has 0 radical (unpaired) electrons. The van der Waals surface area contributed by atoms with Crippen LogP contribution in [0.25, 0.3) is 5.69 Å². The Morgan fingerprint density at radius 3 is 2.57 bits per heavy atom. The van der Waals surface area contributed by atoms with Crippen molar-refractivity contribution in [2.75, 3.05) is 38.3 Å². The number of ether oxygens (including phenoxy) is 2. The molecule has 1 N–H and O–H groups in total. The molecule has 2 aromatic heterocycles. The summed E-state index contributed by atoms with van der Waals surface area (Å²) in [5.74, 6) is 0.518. The van der Waals surface area contributed by atoms with E-state index in [1.807, 2.05) is 42.8 Å². The summed E-state index contributed by atoms with van der Waals surface area (Å²) in [5, 5.41) is 7.61. The van der Waals surface area contributed by atoms with E-state index in [-0.39, 0.29) is 11.9 Å². The molecule has 1 aliphatic heterocycles. The Bertz CT molecular complexity index is 1180. The van der Waals surface area contributed by atoms with Gasteiger partial charge in [0.2, 0.25) is 0 Å². The average Bonchev–Trinajstić information content (AvgIpc) is 3.19. The van der Waals surface area contributed by atoms with Crippen LogP contribution >= 0.6 is 0 Å². The summed E-state index contributed by atoms with van der Waals surface area (Å²) in [5.41, 5.74) is 5.30. The van der Waals surface area contributed by atoms with Crippen LogP contribution in [0.5, 0.6) is 0 Å². The molecule has 1 aliphatic rings. The van der Waals surface area contributed by atoms with E-state index in [2.05, 4.69) is 20.3 Å². The minimum absolute atomic E-state index is 0.145. The lowest BCUT2D eigenvalue weighted by Crippen LogP contribution is -2.36. The number of morpholine rings is 1. The predicted octanol–water partition coefficient (Wildman–Crippen LogP) is 2.76. The smallest absolute Gasteiger partial charge is 0.305 e. The number of aryl methyl sites for hydroxylation is 1. The van der Waals surface area contributed by atoms with Gasteiger partial charge < -0.3 is 19.7 Å². The maximum Gasteiger partial charge on any atom is 0.305 e. The van der Waals surface area contributed by atoms with Crippen molar-refractivity contribution in [1.29, 1.82) is 0 Å². The molecule has 0 atom stereocenters. The fourth-order valence-corrected chi connectivity index (χ4v) is 4.19. The number of anilines is 1.